The molecule has 0 aromatic carbocycles. The van der Waals surface area contributed by atoms with E-state index in [9.17, 15) is 9.90 Å². The van der Waals surface area contributed by atoms with Crippen molar-refractivity contribution in [3.05, 3.63) is 0 Å². The van der Waals surface area contributed by atoms with E-state index >= 15 is 0 Å². The summed E-state index contributed by atoms with van der Waals surface area (Å²) in [5, 5.41) is 13.2. The average Bonchev–Trinajstić information content (AvgIpc) is 2.89. The second kappa shape index (κ2) is 4.46. The lowest BCUT2D eigenvalue weighted by Crippen LogP contribution is -2.41. The summed E-state index contributed by atoms with van der Waals surface area (Å²) in [5.74, 6) is 0. The molecule has 1 aliphatic heterocycles. The van der Waals surface area contributed by atoms with Gasteiger partial charge < -0.3 is 20.1 Å². The molecule has 2 fully saturated rings. The molecule has 5 nitrogen and oxygen atoms in total. The first-order valence-electron chi connectivity index (χ1n) is 6.27. The van der Waals surface area contributed by atoms with E-state index in [2.05, 4.69) is 5.32 Å². The number of hydrogen-bond acceptors (Lipinski definition) is 4. The van der Waals surface area contributed by atoms with Crippen LogP contribution in [0.5, 0.6) is 0 Å². The van der Waals surface area contributed by atoms with Crippen molar-refractivity contribution in [2.24, 2.45) is 0 Å². The third kappa shape index (κ3) is 3.57. The van der Waals surface area contributed by atoms with Crippen molar-refractivity contribution >= 4 is 6.09 Å². The van der Waals surface area contributed by atoms with Crippen molar-refractivity contribution in [1.82, 2.24) is 10.2 Å². The Hall–Kier alpha value is -0.810. The summed E-state index contributed by atoms with van der Waals surface area (Å²) in [4.78, 5) is 13.4. The molecule has 0 aromatic rings. The summed E-state index contributed by atoms with van der Waals surface area (Å²) in [7, 11) is 0. The van der Waals surface area contributed by atoms with Gasteiger partial charge in [0.15, 0.2) is 0 Å². The van der Waals surface area contributed by atoms with Gasteiger partial charge in [0.25, 0.3) is 0 Å². The van der Waals surface area contributed by atoms with Crippen molar-refractivity contribution in [2.45, 2.75) is 57.4 Å². The fourth-order valence-electron chi connectivity index (χ4n) is 1.98. The first-order valence-corrected chi connectivity index (χ1v) is 6.27. The Morgan fingerprint density at radius 1 is 1.35 bits per heavy atom. The number of likely N-dealkylation sites (tertiary alicyclic amines) is 1. The van der Waals surface area contributed by atoms with Gasteiger partial charge in [0.05, 0.1) is 18.7 Å². The van der Waals surface area contributed by atoms with Crippen LogP contribution in [-0.4, -0.2) is 53.0 Å². The van der Waals surface area contributed by atoms with E-state index in [0.29, 0.717) is 19.1 Å². The van der Waals surface area contributed by atoms with Crippen molar-refractivity contribution < 1.29 is 14.6 Å². The highest BCUT2D eigenvalue weighted by atomic mass is 16.6. The van der Waals surface area contributed by atoms with Gasteiger partial charge in [-0.1, -0.05) is 0 Å². The van der Waals surface area contributed by atoms with Crippen LogP contribution in [0.15, 0.2) is 0 Å². The molecule has 2 aliphatic rings. The summed E-state index contributed by atoms with van der Waals surface area (Å²) >= 11 is 0. The molecule has 17 heavy (non-hydrogen) atoms. The van der Waals surface area contributed by atoms with Crippen LogP contribution in [0.4, 0.5) is 4.79 Å². The Balaban J connectivity index is 1.84. The maximum absolute atomic E-state index is 11.8. The van der Waals surface area contributed by atoms with Crippen LogP contribution in [0.25, 0.3) is 0 Å². The van der Waals surface area contributed by atoms with Gasteiger partial charge in [-0.3, -0.25) is 0 Å². The number of hydrogen-bond donors (Lipinski definition) is 2. The number of ether oxygens (including phenoxy) is 1. The normalized spacial score (nSPS) is 29.5. The number of carbonyl (C=O) groups is 1. The highest BCUT2D eigenvalue weighted by molar-refractivity contribution is 5.68. The van der Waals surface area contributed by atoms with Gasteiger partial charge in [0, 0.05) is 12.6 Å². The van der Waals surface area contributed by atoms with Gasteiger partial charge in [-0.25, -0.2) is 4.79 Å². The minimum atomic E-state index is -0.483. The number of β-amino-alcohol motifs (C(OH)–C–C–N with tert-alkyl or cyclic N) is 1. The average molecular weight is 242 g/mol. The second-order valence-electron chi connectivity index (χ2n) is 6.00. The van der Waals surface area contributed by atoms with E-state index in [-0.39, 0.29) is 12.1 Å². The fraction of sp³-hybridized carbons (Fsp3) is 0.917. The van der Waals surface area contributed by atoms with Crippen molar-refractivity contribution in [3.8, 4) is 0 Å². The van der Waals surface area contributed by atoms with Crippen LogP contribution < -0.4 is 5.32 Å². The van der Waals surface area contributed by atoms with Crippen LogP contribution in [0.1, 0.15) is 33.6 Å². The Kier molecular flexibility index (Phi) is 3.32. The molecule has 0 radical (unpaired) electrons. The van der Waals surface area contributed by atoms with Crippen molar-refractivity contribution in [2.75, 3.05) is 13.1 Å². The largest absolute Gasteiger partial charge is 0.444 e. The highest BCUT2D eigenvalue weighted by Crippen LogP contribution is 2.23. The third-order valence-corrected chi connectivity index (χ3v) is 2.97. The van der Waals surface area contributed by atoms with Crippen LogP contribution in [0.2, 0.25) is 0 Å². The van der Waals surface area contributed by atoms with E-state index in [1.807, 2.05) is 20.8 Å². The molecule has 0 aromatic heterocycles. The van der Waals surface area contributed by atoms with Gasteiger partial charge in [-0.15, -0.1) is 0 Å². The molecule has 1 saturated heterocycles. The molecular formula is C12H22N2O3. The number of amides is 1. The maximum Gasteiger partial charge on any atom is 0.410 e. The molecular weight excluding hydrogens is 220 g/mol. The summed E-state index contributed by atoms with van der Waals surface area (Å²) in [6, 6.07) is 0.531. The van der Waals surface area contributed by atoms with E-state index in [4.69, 9.17) is 4.74 Å². The van der Waals surface area contributed by atoms with Crippen LogP contribution in [0, 0.1) is 0 Å². The SMILES string of the molecule is CC(C)(C)OC(=O)N1CC(O)C(NC2CC2)C1. The molecule has 1 saturated carbocycles. The number of aliphatic hydroxyl groups excluding tert-OH is 1. The zero-order chi connectivity index (χ0) is 12.6. The van der Waals surface area contributed by atoms with Crippen LogP contribution in [-0.2, 0) is 4.74 Å². The summed E-state index contributed by atoms with van der Waals surface area (Å²) in [5.41, 5.74) is -0.482. The number of aliphatic hydroxyl groups is 1. The summed E-state index contributed by atoms with van der Waals surface area (Å²) < 4.78 is 5.29. The third-order valence-electron chi connectivity index (χ3n) is 2.97. The zero-order valence-electron chi connectivity index (χ0n) is 10.8. The van der Waals surface area contributed by atoms with Crippen molar-refractivity contribution in [1.29, 1.82) is 0 Å². The molecule has 2 unspecified atom stereocenters. The van der Waals surface area contributed by atoms with E-state index < -0.39 is 11.7 Å². The number of nitrogens with zero attached hydrogens (tertiary/aromatic N) is 1. The predicted octanol–water partition coefficient (Wildman–Crippen LogP) is 0.719. The van der Waals surface area contributed by atoms with Gasteiger partial charge in [-0.05, 0) is 33.6 Å². The molecule has 2 N–H and O–H groups in total. The molecule has 98 valence electrons. The monoisotopic (exact) mass is 242 g/mol. The van der Waals surface area contributed by atoms with Crippen LogP contribution >= 0.6 is 0 Å². The van der Waals surface area contributed by atoms with Crippen LogP contribution in [0.3, 0.4) is 0 Å². The second-order valence-corrected chi connectivity index (χ2v) is 6.00. The van der Waals surface area contributed by atoms with Crippen molar-refractivity contribution in [3.63, 3.8) is 0 Å². The van der Waals surface area contributed by atoms with Gasteiger partial charge in [-0.2, -0.15) is 0 Å². The van der Waals surface area contributed by atoms with Gasteiger partial charge in [0.2, 0.25) is 0 Å². The first-order chi connectivity index (χ1) is 7.85. The predicted molar refractivity (Wildman–Crippen MR) is 63.8 cm³/mol. The molecule has 1 heterocycles. The number of nitrogens with one attached hydrogen (secondary N) is 1. The lowest BCUT2D eigenvalue weighted by atomic mass is 10.2. The molecule has 2 rings (SSSR count). The standard InChI is InChI=1S/C12H22N2O3/c1-12(2,3)17-11(16)14-6-9(10(15)7-14)13-8-4-5-8/h8-10,13,15H,4-7H2,1-3H3. The van der Waals surface area contributed by atoms with E-state index in [1.54, 1.807) is 4.90 Å². The Morgan fingerprint density at radius 2 is 2.00 bits per heavy atom. The Morgan fingerprint density at radius 3 is 2.53 bits per heavy atom. The lowest BCUT2D eigenvalue weighted by Gasteiger charge is -2.24. The molecule has 0 bridgehead atoms. The van der Waals surface area contributed by atoms with Gasteiger partial charge in [0.1, 0.15) is 5.60 Å². The Labute approximate surface area is 102 Å². The minimum absolute atomic E-state index is 0.00461. The first kappa shape index (κ1) is 12.6. The minimum Gasteiger partial charge on any atom is -0.444 e. The zero-order valence-corrected chi connectivity index (χ0v) is 10.8. The summed E-state index contributed by atoms with van der Waals surface area (Å²) in [6.45, 7) is 6.43. The molecule has 0 spiro atoms. The quantitative estimate of drug-likeness (QED) is 0.749. The number of rotatable bonds is 2. The van der Waals surface area contributed by atoms with E-state index in [1.165, 1.54) is 12.8 Å². The Bertz CT molecular complexity index is 297. The molecule has 1 aliphatic carbocycles. The maximum atomic E-state index is 11.8. The number of carbonyl (C=O) groups excluding carboxylic acids is 1. The topological polar surface area (TPSA) is 61.8 Å². The fourth-order valence-corrected chi connectivity index (χ4v) is 1.98. The highest BCUT2D eigenvalue weighted by Gasteiger charge is 2.38. The van der Waals surface area contributed by atoms with Gasteiger partial charge >= 0.3 is 6.09 Å². The molecule has 1 amide bonds. The smallest absolute Gasteiger partial charge is 0.410 e. The lowest BCUT2D eigenvalue weighted by molar-refractivity contribution is 0.0270. The van der Waals surface area contributed by atoms with E-state index in [0.717, 1.165) is 0 Å². The molecule has 2 atom stereocenters. The summed E-state index contributed by atoms with van der Waals surface area (Å²) in [6.07, 6.45) is 1.53. The molecule has 5 heteroatoms.